The predicted octanol–water partition coefficient (Wildman–Crippen LogP) is 2.61. The highest BCUT2D eigenvalue weighted by Gasteiger charge is 2.07. The fourth-order valence-corrected chi connectivity index (χ4v) is 2.80. The Bertz CT molecular complexity index is 731. The van der Waals surface area contributed by atoms with Gasteiger partial charge in [0, 0.05) is 54.3 Å². The van der Waals surface area contributed by atoms with Crippen molar-refractivity contribution in [3.8, 4) is 0 Å². The molecule has 0 bridgehead atoms. The van der Waals surface area contributed by atoms with Crippen molar-refractivity contribution in [3.63, 3.8) is 0 Å². The van der Waals surface area contributed by atoms with Gasteiger partial charge in [-0.25, -0.2) is 4.98 Å². The number of thiazole rings is 1. The minimum Gasteiger partial charge on any atom is -0.352 e. The van der Waals surface area contributed by atoms with Gasteiger partial charge in [0.05, 0.1) is 5.01 Å². The van der Waals surface area contributed by atoms with Crippen molar-refractivity contribution in [2.24, 2.45) is 7.05 Å². The molecule has 4 nitrogen and oxygen atoms in total. The zero-order chi connectivity index (χ0) is 13.9. The zero-order valence-corrected chi connectivity index (χ0v) is 12.0. The van der Waals surface area contributed by atoms with Gasteiger partial charge in [-0.2, -0.15) is 0 Å². The maximum absolute atomic E-state index is 12.1. The highest BCUT2D eigenvalue weighted by molar-refractivity contribution is 7.09. The predicted molar refractivity (Wildman–Crippen MR) is 81.1 cm³/mol. The van der Waals surface area contributed by atoms with Crippen molar-refractivity contribution in [2.45, 2.75) is 6.42 Å². The third-order valence-corrected chi connectivity index (χ3v) is 4.09. The number of nitrogens with one attached hydrogen (secondary N) is 1. The Morgan fingerprint density at radius 3 is 3.10 bits per heavy atom. The average Bonchev–Trinajstić information content (AvgIpc) is 3.09. The van der Waals surface area contributed by atoms with Crippen LogP contribution in [0.25, 0.3) is 10.9 Å². The lowest BCUT2D eigenvalue weighted by Gasteiger charge is -2.05. The molecule has 1 amide bonds. The SMILES string of the molecule is Cn1ccc2cc(C(=O)NCCc3nccs3)ccc21. The van der Waals surface area contributed by atoms with Gasteiger partial charge in [-0.1, -0.05) is 0 Å². The van der Waals surface area contributed by atoms with E-state index in [9.17, 15) is 4.79 Å². The second-order valence-corrected chi connectivity index (χ2v) is 5.61. The number of aryl methyl sites for hydroxylation is 1. The van der Waals surface area contributed by atoms with Crippen molar-refractivity contribution in [1.29, 1.82) is 0 Å². The summed E-state index contributed by atoms with van der Waals surface area (Å²) in [7, 11) is 2.00. The highest BCUT2D eigenvalue weighted by atomic mass is 32.1. The molecule has 1 N–H and O–H groups in total. The van der Waals surface area contributed by atoms with Crippen LogP contribution in [0.2, 0.25) is 0 Å². The quantitative estimate of drug-likeness (QED) is 0.801. The number of amides is 1. The van der Waals surface area contributed by atoms with Crippen molar-refractivity contribution >= 4 is 28.1 Å². The molecule has 0 aliphatic rings. The van der Waals surface area contributed by atoms with Gasteiger partial charge in [0.25, 0.3) is 5.91 Å². The van der Waals surface area contributed by atoms with E-state index in [0.717, 1.165) is 22.3 Å². The summed E-state index contributed by atoms with van der Waals surface area (Å²) in [4.78, 5) is 16.3. The van der Waals surface area contributed by atoms with E-state index >= 15 is 0 Å². The van der Waals surface area contributed by atoms with Gasteiger partial charge in [0.2, 0.25) is 0 Å². The summed E-state index contributed by atoms with van der Waals surface area (Å²) in [5, 5.41) is 7.00. The zero-order valence-electron chi connectivity index (χ0n) is 11.2. The van der Waals surface area contributed by atoms with E-state index in [4.69, 9.17) is 0 Å². The molecule has 0 atom stereocenters. The molecule has 5 heteroatoms. The van der Waals surface area contributed by atoms with E-state index in [-0.39, 0.29) is 5.91 Å². The molecule has 20 heavy (non-hydrogen) atoms. The van der Waals surface area contributed by atoms with Gasteiger partial charge in [-0.3, -0.25) is 4.79 Å². The lowest BCUT2D eigenvalue weighted by Crippen LogP contribution is -2.25. The number of hydrogen-bond acceptors (Lipinski definition) is 3. The normalized spacial score (nSPS) is 10.8. The first-order valence-corrected chi connectivity index (χ1v) is 7.33. The monoisotopic (exact) mass is 285 g/mol. The van der Waals surface area contributed by atoms with Gasteiger partial charge >= 0.3 is 0 Å². The summed E-state index contributed by atoms with van der Waals surface area (Å²) in [6.45, 7) is 0.610. The van der Waals surface area contributed by atoms with E-state index in [1.54, 1.807) is 17.5 Å². The topological polar surface area (TPSA) is 46.9 Å². The van der Waals surface area contributed by atoms with Crippen LogP contribution < -0.4 is 5.32 Å². The molecule has 0 saturated carbocycles. The largest absolute Gasteiger partial charge is 0.352 e. The number of carbonyl (C=O) groups excluding carboxylic acids is 1. The standard InChI is InChI=1S/C15H15N3OS/c1-18-8-5-11-10-12(2-3-13(11)18)15(19)17-6-4-14-16-7-9-20-14/h2-3,5,7-10H,4,6H2,1H3,(H,17,19). The third kappa shape index (κ3) is 2.58. The van der Waals surface area contributed by atoms with E-state index in [1.165, 1.54) is 0 Å². The molecule has 0 spiro atoms. The highest BCUT2D eigenvalue weighted by Crippen LogP contribution is 2.16. The Morgan fingerprint density at radius 2 is 2.30 bits per heavy atom. The summed E-state index contributed by atoms with van der Waals surface area (Å²) in [6.07, 6.45) is 4.55. The minimum atomic E-state index is -0.0349. The summed E-state index contributed by atoms with van der Waals surface area (Å²) in [5.41, 5.74) is 1.83. The first kappa shape index (κ1) is 12.9. The number of hydrogen-bond donors (Lipinski definition) is 1. The lowest BCUT2D eigenvalue weighted by atomic mass is 10.1. The van der Waals surface area contributed by atoms with Gasteiger partial charge in [0.15, 0.2) is 0 Å². The van der Waals surface area contributed by atoms with Crippen LogP contribution in [0, 0.1) is 0 Å². The van der Waals surface area contributed by atoms with E-state index in [2.05, 4.69) is 10.3 Å². The molecule has 3 rings (SSSR count). The average molecular weight is 285 g/mol. The summed E-state index contributed by atoms with van der Waals surface area (Å²) in [6, 6.07) is 7.78. The number of carbonyl (C=O) groups is 1. The van der Waals surface area contributed by atoms with Crippen LogP contribution in [-0.4, -0.2) is 22.0 Å². The van der Waals surface area contributed by atoms with Crippen LogP contribution >= 0.6 is 11.3 Å². The molecule has 0 aliphatic carbocycles. The maximum Gasteiger partial charge on any atom is 0.251 e. The van der Waals surface area contributed by atoms with Crippen LogP contribution in [-0.2, 0) is 13.5 Å². The Balaban J connectivity index is 1.66. The van der Waals surface area contributed by atoms with Crippen molar-refractivity contribution in [3.05, 3.63) is 52.6 Å². The van der Waals surface area contributed by atoms with Gasteiger partial charge < -0.3 is 9.88 Å². The molecule has 0 radical (unpaired) electrons. The first-order valence-electron chi connectivity index (χ1n) is 6.46. The van der Waals surface area contributed by atoms with E-state index in [0.29, 0.717) is 12.1 Å². The molecule has 0 unspecified atom stereocenters. The third-order valence-electron chi connectivity index (χ3n) is 3.26. The summed E-state index contributed by atoms with van der Waals surface area (Å²) in [5.74, 6) is -0.0349. The number of rotatable bonds is 4. The summed E-state index contributed by atoms with van der Waals surface area (Å²) < 4.78 is 2.04. The van der Waals surface area contributed by atoms with Crippen LogP contribution in [0.5, 0.6) is 0 Å². The van der Waals surface area contributed by atoms with Gasteiger partial charge in [-0.15, -0.1) is 11.3 Å². The Labute approximate surface area is 121 Å². The number of nitrogens with zero attached hydrogens (tertiary/aromatic N) is 2. The fraction of sp³-hybridized carbons (Fsp3) is 0.200. The van der Waals surface area contributed by atoms with Crippen LogP contribution in [0.4, 0.5) is 0 Å². The second kappa shape index (κ2) is 5.46. The van der Waals surface area contributed by atoms with Crippen LogP contribution in [0.1, 0.15) is 15.4 Å². The fourth-order valence-electron chi connectivity index (χ4n) is 2.18. The van der Waals surface area contributed by atoms with Gasteiger partial charge in [-0.05, 0) is 24.3 Å². The van der Waals surface area contributed by atoms with Crippen molar-refractivity contribution in [1.82, 2.24) is 14.9 Å². The molecule has 1 aromatic carbocycles. The van der Waals surface area contributed by atoms with Crippen molar-refractivity contribution < 1.29 is 4.79 Å². The second-order valence-electron chi connectivity index (χ2n) is 4.63. The molecule has 0 fully saturated rings. The number of benzene rings is 1. The van der Waals surface area contributed by atoms with Crippen molar-refractivity contribution in [2.75, 3.05) is 6.54 Å². The van der Waals surface area contributed by atoms with E-state index in [1.807, 2.05) is 47.5 Å². The number of aromatic nitrogens is 2. The molecule has 102 valence electrons. The molecule has 0 saturated heterocycles. The molecular formula is C15H15N3OS. The number of fused-ring (bicyclic) bond motifs is 1. The molecular weight excluding hydrogens is 270 g/mol. The van der Waals surface area contributed by atoms with Gasteiger partial charge in [0.1, 0.15) is 0 Å². The molecule has 3 aromatic rings. The molecule has 0 aliphatic heterocycles. The first-order chi connectivity index (χ1) is 9.74. The molecule has 2 aromatic heterocycles. The van der Waals surface area contributed by atoms with E-state index < -0.39 is 0 Å². The minimum absolute atomic E-state index is 0.0349. The summed E-state index contributed by atoms with van der Waals surface area (Å²) >= 11 is 1.61. The molecule has 2 heterocycles. The Hall–Kier alpha value is -2.14. The van der Waals surface area contributed by atoms with Crippen LogP contribution in [0.3, 0.4) is 0 Å². The Morgan fingerprint density at radius 1 is 1.40 bits per heavy atom. The van der Waals surface area contributed by atoms with Crippen LogP contribution in [0.15, 0.2) is 42.0 Å². The maximum atomic E-state index is 12.1. The Kier molecular flexibility index (Phi) is 3.52. The lowest BCUT2D eigenvalue weighted by molar-refractivity contribution is 0.0954. The smallest absolute Gasteiger partial charge is 0.251 e.